The quantitative estimate of drug-likeness (QED) is 0.817. The summed E-state index contributed by atoms with van der Waals surface area (Å²) in [4.78, 5) is 11.6. The van der Waals surface area contributed by atoms with Gasteiger partial charge in [-0.2, -0.15) is 0 Å². The van der Waals surface area contributed by atoms with Gasteiger partial charge in [0.05, 0.1) is 0 Å². The fourth-order valence-corrected chi connectivity index (χ4v) is 2.22. The van der Waals surface area contributed by atoms with Gasteiger partial charge in [0.15, 0.2) is 0 Å². The van der Waals surface area contributed by atoms with Gasteiger partial charge >= 0.3 is 0 Å². The highest BCUT2D eigenvalue weighted by atomic mass is 79.9. The van der Waals surface area contributed by atoms with Gasteiger partial charge in [0.25, 0.3) is 0 Å². The number of nitrogens with one attached hydrogen (secondary N) is 1. The zero-order valence-electron chi connectivity index (χ0n) is 10.0. The molecule has 0 saturated heterocycles. The van der Waals surface area contributed by atoms with Crippen LogP contribution in [-0.2, 0) is 4.79 Å². The number of halogens is 1. The van der Waals surface area contributed by atoms with Gasteiger partial charge in [-0.3, -0.25) is 4.79 Å². The third-order valence-corrected chi connectivity index (χ3v) is 2.62. The second-order valence-electron chi connectivity index (χ2n) is 4.13. The standard InChI is InChI=1S/C13H16BrNO/c1-8(2)5-12(16)15-13-9(3)6-11(14)7-10(13)4/h5-7H,1-4H3,(H,15,16). The summed E-state index contributed by atoms with van der Waals surface area (Å²) in [7, 11) is 0. The molecule has 1 rings (SSSR count). The fraction of sp³-hybridized carbons (Fsp3) is 0.308. The average molecular weight is 282 g/mol. The van der Waals surface area contributed by atoms with E-state index < -0.39 is 0 Å². The minimum absolute atomic E-state index is 0.0754. The molecule has 0 aliphatic heterocycles. The summed E-state index contributed by atoms with van der Waals surface area (Å²) in [6.45, 7) is 7.77. The lowest BCUT2D eigenvalue weighted by Gasteiger charge is -2.11. The van der Waals surface area contributed by atoms with E-state index in [4.69, 9.17) is 0 Å². The first kappa shape index (κ1) is 13.0. The Balaban J connectivity index is 2.98. The lowest BCUT2D eigenvalue weighted by molar-refractivity contribution is -0.112. The Labute approximate surface area is 105 Å². The molecule has 1 aromatic carbocycles. The normalized spacial score (nSPS) is 9.81. The molecule has 0 fully saturated rings. The first-order valence-electron chi connectivity index (χ1n) is 5.13. The van der Waals surface area contributed by atoms with Gasteiger partial charge < -0.3 is 5.32 Å². The zero-order chi connectivity index (χ0) is 12.3. The van der Waals surface area contributed by atoms with E-state index in [2.05, 4.69) is 21.2 Å². The molecule has 0 aromatic heterocycles. The Morgan fingerprint density at radius 2 is 1.75 bits per heavy atom. The minimum Gasteiger partial charge on any atom is -0.322 e. The number of hydrogen-bond acceptors (Lipinski definition) is 1. The smallest absolute Gasteiger partial charge is 0.248 e. The van der Waals surface area contributed by atoms with Crippen molar-refractivity contribution in [2.24, 2.45) is 0 Å². The molecule has 0 bridgehead atoms. The molecule has 3 heteroatoms. The number of amides is 1. The largest absolute Gasteiger partial charge is 0.322 e. The maximum atomic E-state index is 11.6. The van der Waals surface area contributed by atoms with Crippen molar-refractivity contribution >= 4 is 27.5 Å². The highest BCUT2D eigenvalue weighted by Gasteiger charge is 2.06. The maximum Gasteiger partial charge on any atom is 0.248 e. The third kappa shape index (κ3) is 3.49. The number of aryl methyl sites for hydroxylation is 2. The second kappa shape index (κ2) is 5.30. The topological polar surface area (TPSA) is 29.1 Å². The molecular weight excluding hydrogens is 266 g/mol. The lowest BCUT2D eigenvalue weighted by atomic mass is 10.1. The van der Waals surface area contributed by atoms with Gasteiger partial charge in [0.2, 0.25) is 5.91 Å². The van der Waals surface area contributed by atoms with Gasteiger partial charge in [-0.25, -0.2) is 0 Å². The maximum absolute atomic E-state index is 11.6. The number of benzene rings is 1. The van der Waals surface area contributed by atoms with Crippen molar-refractivity contribution in [1.82, 2.24) is 0 Å². The minimum atomic E-state index is -0.0754. The molecule has 86 valence electrons. The van der Waals surface area contributed by atoms with Crippen molar-refractivity contribution in [2.75, 3.05) is 5.32 Å². The highest BCUT2D eigenvalue weighted by molar-refractivity contribution is 9.10. The monoisotopic (exact) mass is 281 g/mol. The van der Waals surface area contributed by atoms with E-state index in [1.165, 1.54) is 0 Å². The fourth-order valence-electron chi connectivity index (χ4n) is 1.53. The van der Waals surface area contributed by atoms with E-state index in [9.17, 15) is 4.79 Å². The number of carbonyl (C=O) groups excluding carboxylic acids is 1. The van der Waals surface area contributed by atoms with Crippen LogP contribution in [0.3, 0.4) is 0 Å². The van der Waals surface area contributed by atoms with Crippen LogP contribution in [0.5, 0.6) is 0 Å². The van der Waals surface area contributed by atoms with Gasteiger partial charge in [-0.15, -0.1) is 0 Å². The Morgan fingerprint density at radius 1 is 1.25 bits per heavy atom. The summed E-state index contributed by atoms with van der Waals surface area (Å²) >= 11 is 3.43. The molecule has 0 heterocycles. The summed E-state index contributed by atoms with van der Waals surface area (Å²) in [5.74, 6) is -0.0754. The van der Waals surface area contributed by atoms with Crippen molar-refractivity contribution in [3.63, 3.8) is 0 Å². The second-order valence-corrected chi connectivity index (χ2v) is 5.04. The Morgan fingerprint density at radius 3 is 2.19 bits per heavy atom. The predicted molar refractivity (Wildman–Crippen MR) is 71.7 cm³/mol. The summed E-state index contributed by atoms with van der Waals surface area (Å²) in [6, 6.07) is 3.98. The van der Waals surface area contributed by atoms with Crippen LogP contribution in [0.2, 0.25) is 0 Å². The van der Waals surface area contributed by atoms with E-state index in [1.807, 2.05) is 39.8 Å². The van der Waals surface area contributed by atoms with Crippen molar-refractivity contribution in [3.05, 3.63) is 39.4 Å². The molecule has 1 aromatic rings. The number of allylic oxidation sites excluding steroid dienone is 1. The van der Waals surface area contributed by atoms with Crippen molar-refractivity contribution < 1.29 is 4.79 Å². The number of hydrogen-bond donors (Lipinski definition) is 1. The van der Waals surface area contributed by atoms with Crippen LogP contribution in [-0.4, -0.2) is 5.91 Å². The third-order valence-electron chi connectivity index (χ3n) is 2.17. The summed E-state index contributed by atoms with van der Waals surface area (Å²) < 4.78 is 1.03. The van der Waals surface area contributed by atoms with Crippen LogP contribution >= 0.6 is 15.9 Å². The highest BCUT2D eigenvalue weighted by Crippen LogP contribution is 2.25. The number of rotatable bonds is 2. The molecule has 1 amide bonds. The number of carbonyl (C=O) groups is 1. The van der Waals surface area contributed by atoms with Crippen LogP contribution < -0.4 is 5.32 Å². The molecule has 1 N–H and O–H groups in total. The van der Waals surface area contributed by atoms with Gasteiger partial charge in [-0.1, -0.05) is 21.5 Å². The Hall–Kier alpha value is -1.09. The van der Waals surface area contributed by atoms with E-state index in [1.54, 1.807) is 6.08 Å². The first-order valence-corrected chi connectivity index (χ1v) is 5.92. The molecule has 0 spiro atoms. The van der Waals surface area contributed by atoms with Crippen LogP contribution in [0.25, 0.3) is 0 Å². The molecule has 0 radical (unpaired) electrons. The molecule has 2 nitrogen and oxygen atoms in total. The van der Waals surface area contributed by atoms with Crippen LogP contribution in [0.1, 0.15) is 25.0 Å². The van der Waals surface area contributed by atoms with E-state index >= 15 is 0 Å². The predicted octanol–water partition coefficient (Wildman–Crippen LogP) is 3.97. The Kier molecular flexibility index (Phi) is 4.30. The van der Waals surface area contributed by atoms with Crippen LogP contribution in [0, 0.1) is 13.8 Å². The van der Waals surface area contributed by atoms with Crippen molar-refractivity contribution in [2.45, 2.75) is 27.7 Å². The van der Waals surface area contributed by atoms with Crippen molar-refractivity contribution in [3.8, 4) is 0 Å². The summed E-state index contributed by atoms with van der Waals surface area (Å²) in [5.41, 5.74) is 4.00. The van der Waals surface area contributed by atoms with E-state index in [-0.39, 0.29) is 5.91 Å². The molecule has 0 saturated carbocycles. The molecule has 16 heavy (non-hydrogen) atoms. The van der Waals surface area contributed by atoms with E-state index in [0.717, 1.165) is 26.9 Å². The van der Waals surface area contributed by atoms with Gasteiger partial charge in [0, 0.05) is 16.2 Å². The number of anilines is 1. The average Bonchev–Trinajstić information content (AvgIpc) is 2.09. The Bertz CT molecular complexity index is 422. The summed E-state index contributed by atoms with van der Waals surface area (Å²) in [5, 5.41) is 2.90. The molecular formula is C13H16BrNO. The van der Waals surface area contributed by atoms with Gasteiger partial charge in [-0.05, 0) is 51.0 Å². The SMILES string of the molecule is CC(C)=CC(=O)Nc1c(C)cc(Br)cc1C. The van der Waals surface area contributed by atoms with Crippen LogP contribution in [0.15, 0.2) is 28.3 Å². The first-order chi connectivity index (χ1) is 7.40. The molecule has 0 aliphatic carbocycles. The molecule has 0 unspecified atom stereocenters. The lowest BCUT2D eigenvalue weighted by Crippen LogP contribution is -2.10. The molecule has 0 atom stereocenters. The molecule has 0 aliphatic rings. The van der Waals surface area contributed by atoms with E-state index in [0.29, 0.717) is 0 Å². The summed E-state index contributed by atoms with van der Waals surface area (Å²) in [6.07, 6.45) is 1.60. The zero-order valence-corrected chi connectivity index (χ0v) is 11.6. The van der Waals surface area contributed by atoms with Crippen molar-refractivity contribution in [1.29, 1.82) is 0 Å². The van der Waals surface area contributed by atoms with Crippen LogP contribution in [0.4, 0.5) is 5.69 Å². The van der Waals surface area contributed by atoms with Gasteiger partial charge in [0.1, 0.15) is 0 Å².